The van der Waals surface area contributed by atoms with Gasteiger partial charge in [-0.05, 0) is 67.2 Å². The first-order valence-electron chi connectivity index (χ1n) is 7.02. The van der Waals surface area contributed by atoms with E-state index in [2.05, 4.69) is 21.2 Å². The molecule has 2 amide bonds. The Morgan fingerprint density at radius 1 is 1.29 bits per heavy atom. The van der Waals surface area contributed by atoms with Gasteiger partial charge in [0, 0.05) is 16.6 Å². The normalized spacial score (nSPS) is 22.0. The number of carbonyl (C=O) groups is 2. The van der Waals surface area contributed by atoms with Gasteiger partial charge < -0.3 is 15.3 Å². The molecule has 1 aliphatic heterocycles. The first kappa shape index (κ1) is 15.8. The number of aromatic carboxylic acids is 1. The van der Waals surface area contributed by atoms with Gasteiger partial charge in [0.15, 0.2) is 0 Å². The van der Waals surface area contributed by atoms with E-state index in [0.29, 0.717) is 10.2 Å². The van der Waals surface area contributed by atoms with Gasteiger partial charge in [-0.25, -0.2) is 9.59 Å². The van der Waals surface area contributed by atoms with E-state index >= 15 is 0 Å². The second kappa shape index (κ2) is 6.47. The summed E-state index contributed by atoms with van der Waals surface area (Å²) in [5, 5.41) is 11.8. The summed E-state index contributed by atoms with van der Waals surface area (Å²) in [5.74, 6) is -1.02. The van der Waals surface area contributed by atoms with Crippen LogP contribution in [-0.2, 0) is 0 Å². The van der Waals surface area contributed by atoms with Crippen LogP contribution < -0.4 is 5.32 Å². The maximum Gasteiger partial charge on any atom is 0.335 e. The summed E-state index contributed by atoms with van der Waals surface area (Å²) in [6.45, 7) is 4.08. The van der Waals surface area contributed by atoms with Crippen LogP contribution in [-0.4, -0.2) is 34.1 Å². The number of carboxylic acids is 1. The molecule has 1 heterocycles. The number of hydrogen-bond donors (Lipinski definition) is 2. The molecule has 0 aliphatic carbocycles. The van der Waals surface area contributed by atoms with Crippen molar-refractivity contribution >= 4 is 33.6 Å². The monoisotopic (exact) mass is 354 g/mol. The second-order valence-electron chi connectivity index (χ2n) is 5.47. The number of carbonyl (C=O) groups excluding carboxylic acids is 1. The average Bonchev–Trinajstić information content (AvgIpc) is 2.40. The van der Waals surface area contributed by atoms with Gasteiger partial charge >= 0.3 is 12.0 Å². The van der Waals surface area contributed by atoms with E-state index in [1.165, 1.54) is 12.1 Å². The van der Waals surface area contributed by atoms with Crippen LogP contribution >= 0.6 is 15.9 Å². The van der Waals surface area contributed by atoms with Crippen molar-refractivity contribution in [2.24, 2.45) is 0 Å². The lowest BCUT2D eigenvalue weighted by Gasteiger charge is -2.39. The minimum absolute atomic E-state index is 0.147. The van der Waals surface area contributed by atoms with E-state index in [1.807, 2.05) is 18.7 Å². The largest absolute Gasteiger partial charge is 0.478 e. The zero-order valence-corrected chi connectivity index (χ0v) is 13.7. The first-order chi connectivity index (χ1) is 9.90. The number of nitrogens with one attached hydrogen (secondary N) is 1. The number of amides is 2. The summed E-state index contributed by atoms with van der Waals surface area (Å²) < 4.78 is 0.665. The Hall–Kier alpha value is -1.56. The van der Waals surface area contributed by atoms with Gasteiger partial charge in [0.2, 0.25) is 0 Å². The molecule has 21 heavy (non-hydrogen) atoms. The van der Waals surface area contributed by atoms with E-state index in [0.717, 1.165) is 19.3 Å². The van der Waals surface area contributed by atoms with Gasteiger partial charge in [0.25, 0.3) is 0 Å². The van der Waals surface area contributed by atoms with Crippen LogP contribution in [0.15, 0.2) is 22.7 Å². The van der Waals surface area contributed by atoms with Crippen molar-refractivity contribution in [1.82, 2.24) is 4.90 Å². The third-order valence-electron chi connectivity index (χ3n) is 3.88. The predicted octanol–water partition coefficient (Wildman–Crippen LogP) is 3.94. The van der Waals surface area contributed by atoms with E-state index in [1.54, 1.807) is 6.07 Å². The summed E-state index contributed by atoms with van der Waals surface area (Å²) in [5.41, 5.74) is 0.623. The zero-order chi connectivity index (χ0) is 15.6. The van der Waals surface area contributed by atoms with Crippen LogP contribution in [0.5, 0.6) is 0 Å². The van der Waals surface area contributed by atoms with Gasteiger partial charge in [-0.2, -0.15) is 0 Å². The smallest absolute Gasteiger partial charge is 0.335 e. The molecule has 1 saturated heterocycles. The summed E-state index contributed by atoms with van der Waals surface area (Å²) in [6.07, 6.45) is 3.12. The van der Waals surface area contributed by atoms with Gasteiger partial charge in [0.1, 0.15) is 0 Å². The topological polar surface area (TPSA) is 69.6 Å². The number of nitrogens with zero attached hydrogens (tertiary/aromatic N) is 1. The molecule has 0 bridgehead atoms. The molecule has 0 saturated carbocycles. The molecule has 2 N–H and O–H groups in total. The van der Waals surface area contributed by atoms with E-state index in [9.17, 15) is 9.59 Å². The number of rotatable bonds is 2. The summed E-state index contributed by atoms with van der Waals surface area (Å²) in [7, 11) is 0. The lowest BCUT2D eigenvalue weighted by atomic mass is 9.98. The van der Waals surface area contributed by atoms with Gasteiger partial charge in [-0.15, -0.1) is 0 Å². The Labute approximate surface area is 132 Å². The molecule has 6 heteroatoms. The van der Waals surface area contributed by atoms with Crippen LogP contribution in [0.4, 0.5) is 10.5 Å². The Kier molecular flexibility index (Phi) is 4.88. The third-order valence-corrected chi connectivity index (χ3v) is 4.57. The van der Waals surface area contributed by atoms with Crippen LogP contribution in [0.2, 0.25) is 0 Å². The van der Waals surface area contributed by atoms with Crippen molar-refractivity contribution in [3.63, 3.8) is 0 Å². The number of halogens is 1. The predicted molar refractivity (Wildman–Crippen MR) is 84.7 cm³/mol. The maximum atomic E-state index is 12.5. The third kappa shape index (κ3) is 3.56. The van der Waals surface area contributed by atoms with Crippen LogP contribution in [0.25, 0.3) is 0 Å². The van der Waals surface area contributed by atoms with Crippen LogP contribution in [0.1, 0.15) is 43.5 Å². The molecule has 5 nitrogen and oxygen atoms in total. The van der Waals surface area contributed by atoms with Crippen molar-refractivity contribution < 1.29 is 14.7 Å². The summed E-state index contributed by atoms with van der Waals surface area (Å²) in [6, 6.07) is 4.78. The Morgan fingerprint density at radius 3 is 2.48 bits per heavy atom. The fraction of sp³-hybridized carbons (Fsp3) is 0.467. The summed E-state index contributed by atoms with van der Waals surface area (Å²) in [4.78, 5) is 25.3. The standard InChI is InChI=1S/C15H19BrN2O3/c1-9-4-3-5-10(2)18(9)15(21)17-13-8-11(14(19)20)6-7-12(13)16/h6-10H,3-5H2,1-2H3,(H,17,21)(H,19,20)/t9-,10+. The number of hydrogen-bond acceptors (Lipinski definition) is 2. The van der Waals surface area contributed by atoms with Gasteiger partial charge in [0.05, 0.1) is 11.3 Å². The zero-order valence-electron chi connectivity index (χ0n) is 12.1. The molecule has 114 valence electrons. The molecular weight excluding hydrogens is 336 g/mol. The van der Waals surface area contributed by atoms with E-state index in [4.69, 9.17) is 5.11 Å². The number of piperidine rings is 1. The fourth-order valence-corrected chi connectivity index (χ4v) is 3.10. The molecule has 0 radical (unpaired) electrons. The number of benzene rings is 1. The first-order valence-corrected chi connectivity index (χ1v) is 7.81. The van der Waals surface area contributed by atoms with Crippen LogP contribution in [0, 0.1) is 0 Å². The molecule has 2 rings (SSSR count). The minimum atomic E-state index is -1.02. The number of urea groups is 1. The molecular formula is C15H19BrN2O3. The lowest BCUT2D eigenvalue weighted by molar-refractivity contribution is 0.0696. The quantitative estimate of drug-likeness (QED) is 0.844. The van der Waals surface area contributed by atoms with Crippen molar-refractivity contribution in [3.8, 4) is 0 Å². The lowest BCUT2D eigenvalue weighted by Crippen LogP contribution is -2.49. The van der Waals surface area contributed by atoms with Crippen LogP contribution in [0.3, 0.4) is 0 Å². The molecule has 0 spiro atoms. The number of likely N-dealkylation sites (tertiary alicyclic amines) is 1. The SMILES string of the molecule is C[C@@H]1CCC[C@H](C)N1C(=O)Nc1cc(C(=O)O)ccc1Br. The highest BCUT2D eigenvalue weighted by molar-refractivity contribution is 9.10. The molecule has 1 aliphatic rings. The fourth-order valence-electron chi connectivity index (χ4n) is 2.76. The highest BCUT2D eigenvalue weighted by Gasteiger charge is 2.29. The number of anilines is 1. The van der Waals surface area contributed by atoms with Crippen molar-refractivity contribution in [2.75, 3.05) is 5.32 Å². The maximum absolute atomic E-state index is 12.5. The van der Waals surface area contributed by atoms with Crippen molar-refractivity contribution in [3.05, 3.63) is 28.2 Å². The van der Waals surface area contributed by atoms with Crippen molar-refractivity contribution in [1.29, 1.82) is 0 Å². The van der Waals surface area contributed by atoms with Crippen molar-refractivity contribution in [2.45, 2.75) is 45.2 Å². The summed E-state index contributed by atoms with van der Waals surface area (Å²) >= 11 is 3.34. The molecule has 1 aromatic carbocycles. The number of carboxylic acid groups (broad SMARTS) is 1. The Bertz CT molecular complexity index is 552. The molecule has 1 aromatic rings. The van der Waals surface area contributed by atoms with Gasteiger partial charge in [-0.3, -0.25) is 0 Å². The minimum Gasteiger partial charge on any atom is -0.478 e. The average molecular weight is 355 g/mol. The molecule has 0 unspecified atom stereocenters. The van der Waals surface area contributed by atoms with Gasteiger partial charge in [-0.1, -0.05) is 0 Å². The highest BCUT2D eigenvalue weighted by atomic mass is 79.9. The van der Waals surface area contributed by atoms with E-state index < -0.39 is 5.97 Å². The highest BCUT2D eigenvalue weighted by Crippen LogP contribution is 2.27. The second-order valence-corrected chi connectivity index (χ2v) is 6.32. The molecule has 2 atom stereocenters. The Morgan fingerprint density at radius 2 is 1.90 bits per heavy atom. The molecule has 0 aromatic heterocycles. The molecule has 1 fully saturated rings. The Balaban J connectivity index is 2.19. The van der Waals surface area contributed by atoms with E-state index in [-0.39, 0.29) is 23.7 Å².